The van der Waals surface area contributed by atoms with Crippen LogP contribution in [0.3, 0.4) is 0 Å². The first-order chi connectivity index (χ1) is 14.5. The van der Waals surface area contributed by atoms with Crippen LogP contribution in [0.15, 0.2) is 66.3 Å². The van der Waals surface area contributed by atoms with Crippen LogP contribution in [-0.4, -0.2) is 23.4 Å². The quantitative estimate of drug-likeness (QED) is 0.415. The van der Waals surface area contributed by atoms with Gasteiger partial charge in [0.1, 0.15) is 0 Å². The number of hydrogen-bond acceptors (Lipinski definition) is 3. The summed E-state index contributed by atoms with van der Waals surface area (Å²) in [5.74, 6) is 1.58. The highest BCUT2D eigenvalue weighted by Crippen LogP contribution is 2.62. The van der Waals surface area contributed by atoms with E-state index in [9.17, 15) is 4.79 Å². The zero-order valence-corrected chi connectivity index (χ0v) is 17.5. The molecule has 154 valence electrons. The lowest BCUT2D eigenvalue weighted by molar-refractivity contribution is -0.111. The van der Waals surface area contributed by atoms with Gasteiger partial charge in [-0.3, -0.25) is 9.69 Å². The van der Waals surface area contributed by atoms with Gasteiger partial charge in [0.2, 0.25) is 5.91 Å². The maximum absolute atomic E-state index is 12.2. The Labute approximate surface area is 178 Å². The molecular weight excluding hydrogens is 370 g/mol. The summed E-state index contributed by atoms with van der Waals surface area (Å²) in [6, 6.07) is 15.8. The molecule has 4 aliphatic rings. The molecule has 2 saturated carbocycles. The smallest absolute Gasteiger partial charge is 0.248 e. The summed E-state index contributed by atoms with van der Waals surface area (Å²) in [4.78, 5) is 14.7. The average Bonchev–Trinajstić information content (AvgIpc) is 2.75. The first-order valence-electron chi connectivity index (χ1n) is 10.9. The highest BCUT2D eigenvalue weighted by Gasteiger charge is 2.58. The minimum Gasteiger partial charge on any atom is -0.397 e. The zero-order valence-electron chi connectivity index (χ0n) is 17.5. The fourth-order valence-electron chi connectivity index (χ4n) is 5.74. The molecule has 4 aliphatic carbocycles. The molecule has 6 rings (SSSR count). The third-order valence-electron chi connectivity index (χ3n) is 7.25. The van der Waals surface area contributed by atoms with Crippen LogP contribution in [0.25, 0.3) is 6.08 Å². The minimum absolute atomic E-state index is 0.184. The third-order valence-corrected chi connectivity index (χ3v) is 7.25. The molecule has 1 amide bonds. The Bertz CT molecular complexity index is 1020. The van der Waals surface area contributed by atoms with Crippen molar-refractivity contribution >= 4 is 23.4 Å². The number of rotatable bonds is 6. The summed E-state index contributed by atoms with van der Waals surface area (Å²) >= 11 is 0. The average molecular weight is 400 g/mol. The number of nitrogens with two attached hydrogens (primary N) is 1. The van der Waals surface area contributed by atoms with Crippen molar-refractivity contribution in [3.05, 3.63) is 77.4 Å². The number of para-hydroxylation sites is 2. The Hall–Kier alpha value is -2.85. The fourth-order valence-corrected chi connectivity index (χ4v) is 5.74. The second-order valence-electron chi connectivity index (χ2n) is 9.14. The van der Waals surface area contributed by atoms with Crippen molar-refractivity contribution in [2.75, 3.05) is 18.1 Å². The van der Waals surface area contributed by atoms with Crippen molar-refractivity contribution in [3.63, 3.8) is 0 Å². The van der Waals surface area contributed by atoms with Gasteiger partial charge >= 0.3 is 0 Å². The van der Waals surface area contributed by atoms with E-state index in [4.69, 9.17) is 5.73 Å². The number of allylic oxidation sites excluding steroid dienone is 1. The predicted molar refractivity (Wildman–Crippen MR) is 123 cm³/mol. The number of carbonyl (C=O) groups excluding carboxylic acids is 1. The van der Waals surface area contributed by atoms with Crippen molar-refractivity contribution < 1.29 is 4.79 Å². The van der Waals surface area contributed by atoms with Gasteiger partial charge < -0.3 is 11.1 Å². The molecule has 0 spiro atoms. The van der Waals surface area contributed by atoms with E-state index in [0.717, 1.165) is 23.9 Å². The van der Waals surface area contributed by atoms with Gasteiger partial charge in [-0.25, -0.2) is 0 Å². The van der Waals surface area contributed by atoms with Crippen LogP contribution in [0.5, 0.6) is 0 Å². The molecule has 2 fully saturated rings. The largest absolute Gasteiger partial charge is 0.397 e. The molecule has 0 radical (unpaired) electrons. The summed E-state index contributed by atoms with van der Waals surface area (Å²) < 4.78 is 0. The van der Waals surface area contributed by atoms with Gasteiger partial charge in [0.25, 0.3) is 0 Å². The Balaban J connectivity index is 1.19. The Kier molecular flexibility index (Phi) is 4.75. The molecule has 3 atom stereocenters. The summed E-state index contributed by atoms with van der Waals surface area (Å²) in [5, 5.41) is 2.81. The molecule has 0 aliphatic heterocycles. The number of nitrogen functional groups attached to an aromatic ring is 1. The molecule has 3 N–H and O–H groups in total. The lowest BCUT2D eigenvalue weighted by Crippen LogP contribution is -2.63. The Morgan fingerprint density at radius 3 is 2.70 bits per heavy atom. The van der Waals surface area contributed by atoms with E-state index < -0.39 is 0 Å². The van der Waals surface area contributed by atoms with Gasteiger partial charge in [-0.15, -0.1) is 0 Å². The lowest BCUT2D eigenvalue weighted by Gasteiger charge is -2.64. The molecule has 30 heavy (non-hydrogen) atoms. The van der Waals surface area contributed by atoms with E-state index in [-0.39, 0.29) is 5.91 Å². The van der Waals surface area contributed by atoms with Crippen molar-refractivity contribution in [2.24, 2.45) is 11.8 Å². The molecule has 0 saturated heterocycles. The van der Waals surface area contributed by atoms with Gasteiger partial charge in [-0.05, 0) is 73.9 Å². The Morgan fingerprint density at radius 1 is 1.20 bits per heavy atom. The van der Waals surface area contributed by atoms with Crippen LogP contribution in [-0.2, 0) is 11.3 Å². The van der Waals surface area contributed by atoms with Crippen molar-refractivity contribution in [3.8, 4) is 0 Å². The van der Waals surface area contributed by atoms with Crippen molar-refractivity contribution in [2.45, 2.75) is 37.8 Å². The number of nitrogens with zero attached hydrogens (tertiary/aromatic N) is 1. The van der Waals surface area contributed by atoms with E-state index in [1.807, 2.05) is 18.2 Å². The SMILES string of the molecule is CN(Cc1ccc(/C=C/C(=O)Nc2ccccc2N)cc1)C12CC3CC=C1C(C3)C2. The number of nitrogens with one attached hydrogen (secondary N) is 1. The summed E-state index contributed by atoms with van der Waals surface area (Å²) in [7, 11) is 2.28. The summed E-state index contributed by atoms with van der Waals surface area (Å²) in [6.07, 6.45) is 11.3. The summed E-state index contributed by atoms with van der Waals surface area (Å²) in [5.41, 5.74) is 11.5. The normalized spacial score (nSPS) is 26.5. The number of carbonyl (C=O) groups is 1. The van der Waals surface area contributed by atoms with E-state index in [1.165, 1.54) is 31.2 Å². The minimum atomic E-state index is -0.184. The standard InChI is InChI=1S/C26H29N3O/c1-29(26-15-20-10-12-22(26)21(14-20)16-26)17-19-8-6-18(7-9-19)11-13-25(30)28-24-5-3-2-4-23(24)27/h2-9,11-13,20-21H,10,14-17,27H2,1H3,(H,28,30)/b13-11+. The highest BCUT2D eigenvalue weighted by atomic mass is 16.1. The molecule has 0 aromatic heterocycles. The van der Waals surface area contributed by atoms with Crippen LogP contribution in [0.2, 0.25) is 0 Å². The number of benzene rings is 2. The van der Waals surface area contributed by atoms with Crippen LogP contribution in [0.1, 0.15) is 36.8 Å². The molecule has 4 nitrogen and oxygen atoms in total. The first kappa shape index (κ1) is 19.1. The molecule has 0 heterocycles. The number of likely N-dealkylation sites (N-methyl/N-ethyl adjacent to an activating group) is 1. The van der Waals surface area contributed by atoms with Gasteiger partial charge in [-0.1, -0.05) is 48.0 Å². The summed E-state index contributed by atoms with van der Waals surface area (Å²) in [6.45, 7) is 0.967. The molecule has 4 heteroatoms. The van der Waals surface area contributed by atoms with E-state index in [2.05, 4.69) is 47.6 Å². The van der Waals surface area contributed by atoms with Crippen LogP contribution in [0.4, 0.5) is 11.4 Å². The molecule has 2 aromatic carbocycles. The fraction of sp³-hybridized carbons (Fsp3) is 0.346. The highest BCUT2D eigenvalue weighted by molar-refractivity contribution is 6.03. The number of anilines is 2. The lowest BCUT2D eigenvalue weighted by atomic mass is 9.48. The molecular formula is C26H29N3O. The number of amides is 1. The second-order valence-corrected chi connectivity index (χ2v) is 9.14. The molecule has 4 bridgehead atoms. The van der Waals surface area contributed by atoms with E-state index in [1.54, 1.807) is 23.8 Å². The maximum Gasteiger partial charge on any atom is 0.248 e. The van der Waals surface area contributed by atoms with Gasteiger partial charge in [-0.2, -0.15) is 0 Å². The third kappa shape index (κ3) is 3.35. The topological polar surface area (TPSA) is 58.4 Å². The molecule has 3 unspecified atom stereocenters. The van der Waals surface area contributed by atoms with Crippen LogP contribution < -0.4 is 11.1 Å². The van der Waals surface area contributed by atoms with Gasteiger partial charge in [0, 0.05) is 18.2 Å². The second kappa shape index (κ2) is 7.44. The maximum atomic E-state index is 12.2. The Morgan fingerprint density at radius 2 is 2.00 bits per heavy atom. The van der Waals surface area contributed by atoms with Gasteiger partial charge in [0.05, 0.1) is 11.4 Å². The van der Waals surface area contributed by atoms with E-state index in [0.29, 0.717) is 16.9 Å². The first-order valence-corrected chi connectivity index (χ1v) is 10.9. The van der Waals surface area contributed by atoms with E-state index >= 15 is 0 Å². The number of hydrogen-bond donors (Lipinski definition) is 2. The van der Waals surface area contributed by atoms with Crippen LogP contribution in [0, 0.1) is 11.8 Å². The zero-order chi connectivity index (χ0) is 20.7. The van der Waals surface area contributed by atoms with Crippen molar-refractivity contribution in [1.82, 2.24) is 4.90 Å². The monoisotopic (exact) mass is 399 g/mol. The van der Waals surface area contributed by atoms with Crippen LogP contribution >= 0.6 is 0 Å². The number of fused-ring (bicyclic) bond motifs is 1. The predicted octanol–water partition coefficient (Wildman–Crippen LogP) is 4.85. The van der Waals surface area contributed by atoms with Crippen molar-refractivity contribution in [1.29, 1.82) is 0 Å². The molecule has 2 aromatic rings. The van der Waals surface area contributed by atoms with Gasteiger partial charge in [0.15, 0.2) is 0 Å².